The normalized spacial score (nSPS) is 19.8. The first kappa shape index (κ1) is 22.2. The van der Waals surface area contributed by atoms with Gasteiger partial charge in [-0.2, -0.15) is 0 Å². The number of aromatic amines is 1. The summed E-state index contributed by atoms with van der Waals surface area (Å²) in [6.45, 7) is 2.05. The number of aromatic nitrogens is 1. The number of aliphatic hydroxyl groups is 1. The molecule has 6 heteroatoms. The molecule has 6 nitrogen and oxygen atoms in total. The van der Waals surface area contributed by atoms with Crippen LogP contribution in [0, 0.1) is 0 Å². The Hall–Kier alpha value is -4.32. The first-order valence-corrected chi connectivity index (χ1v) is 12.4. The summed E-state index contributed by atoms with van der Waals surface area (Å²) in [5.74, 6) is -1.50. The van der Waals surface area contributed by atoms with Crippen LogP contribution < -0.4 is 9.80 Å². The number of piperidine rings is 1. The van der Waals surface area contributed by atoms with Crippen molar-refractivity contribution in [2.24, 2.45) is 0 Å². The number of ketones is 1. The number of amides is 1. The minimum atomic E-state index is -0.735. The fraction of sp³-hybridized carbons (Fsp3) is 0.200. The zero-order chi connectivity index (χ0) is 24.6. The van der Waals surface area contributed by atoms with E-state index in [-0.39, 0.29) is 11.3 Å². The van der Waals surface area contributed by atoms with Crippen molar-refractivity contribution in [3.63, 3.8) is 0 Å². The van der Waals surface area contributed by atoms with E-state index in [4.69, 9.17) is 0 Å². The predicted molar refractivity (Wildman–Crippen MR) is 142 cm³/mol. The highest BCUT2D eigenvalue weighted by Crippen LogP contribution is 2.43. The van der Waals surface area contributed by atoms with E-state index >= 15 is 0 Å². The van der Waals surface area contributed by atoms with Crippen LogP contribution in [-0.2, 0) is 9.59 Å². The molecule has 0 radical (unpaired) electrons. The van der Waals surface area contributed by atoms with Gasteiger partial charge >= 0.3 is 0 Å². The van der Waals surface area contributed by atoms with Crippen molar-refractivity contribution in [2.75, 3.05) is 22.9 Å². The lowest BCUT2D eigenvalue weighted by Gasteiger charge is -2.30. The SMILES string of the molecule is O=C1C(=O)N(c2ccc(N3CCCCC3)cc2)C(c2ccccc2)/C1=C(/O)c1c[nH]c2ccccc12. The van der Waals surface area contributed by atoms with Crippen LogP contribution in [0.15, 0.2) is 90.6 Å². The standard InChI is InChI=1S/C30H27N3O3/c34-28(24-19-31-25-12-6-5-11-23(24)25)26-27(20-9-3-1-4-10-20)33(30(36)29(26)35)22-15-13-21(14-16-22)32-17-7-2-8-18-32/h1,3-6,9-16,19,27,31,34H,2,7-8,17-18H2/b28-26-. The summed E-state index contributed by atoms with van der Waals surface area (Å²) in [4.78, 5) is 33.9. The summed E-state index contributed by atoms with van der Waals surface area (Å²) in [5.41, 5.74) is 3.95. The zero-order valence-electron chi connectivity index (χ0n) is 19.9. The van der Waals surface area contributed by atoms with Crippen molar-refractivity contribution in [1.29, 1.82) is 0 Å². The first-order chi connectivity index (χ1) is 17.6. The number of nitrogens with one attached hydrogen (secondary N) is 1. The number of carbonyl (C=O) groups excluding carboxylic acids is 2. The highest BCUT2D eigenvalue weighted by molar-refractivity contribution is 6.51. The molecule has 0 spiro atoms. The van der Waals surface area contributed by atoms with Gasteiger partial charge in [0.25, 0.3) is 11.7 Å². The number of H-pyrrole nitrogens is 1. The Bertz CT molecular complexity index is 1460. The van der Waals surface area contributed by atoms with E-state index in [9.17, 15) is 14.7 Å². The Morgan fingerprint density at radius 2 is 1.47 bits per heavy atom. The van der Waals surface area contributed by atoms with E-state index in [1.165, 1.54) is 24.2 Å². The van der Waals surface area contributed by atoms with Gasteiger partial charge in [-0.05, 0) is 55.2 Å². The van der Waals surface area contributed by atoms with Crippen LogP contribution in [0.1, 0.15) is 36.4 Å². The maximum Gasteiger partial charge on any atom is 0.300 e. The number of hydrogen-bond acceptors (Lipinski definition) is 4. The van der Waals surface area contributed by atoms with Crippen LogP contribution in [0.3, 0.4) is 0 Å². The average Bonchev–Trinajstić information content (AvgIpc) is 3.48. The number of benzene rings is 3. The molecule has 36 heavy (non-hydrogen) atoms. The molecule has 2 aliphatic rings. The number of fused-ring (bicyclic) bond motifs is 1. The predicted octanol–water partition coefficient (Wildman–Crippen LogP) is 5.78. The molecular weight excluding hydrogens is 450 g/mol. The Morgan fingerprint density at radius 1 is 0.806 bits per heavy atom. The molecule has 0 saturated carbocycles. The molecule has 2 saturated heterocycles. The van der Waals surface area contributed by atoms with Crippen LogP contribution in [0.2, 0.25) is 0 Å². The summed E-state index contributed by atoms with van der Waals surface area (Å²) in [5, 5.41) is 12.2. The van der Waals surface area contributed by atoms with Crippen molar-refractivity contribution in [1.82, 2.24) is 4.98 Å². The highest BCUT2D eigenvalue weighted by Gasteiger charge is 2.47. The number of carbonyl (C=O) groups is 2. The molecule has 4 aromatic rings. The number of para-hydroxylation sites is 1. The van der Waals surface area contributed by atoms with Crippen LogP contribution in [0.4, 0.5) is 11.4 Å². The molecule has 1 amide bonds. The molecule has 2 aliphatic heterocycles. The Labute approximate surface area is 209 Å². The molecule has 0 bridgehead atoms. The van der Waals surface area contributed by atoms with Crippen molar-refractivity contribution in [2.45, 2.75) is 25.3 Å². The zero-order valence-corrected chi connectivity index (χ0v) is 19.9. The number of nitrogens with zero attached hydrogens (tertiary/aromatic N) is 2. The van der Waals surface area contributed by atoms with E-state index in [0.717, 1.165) is 35.2 Å². The number of rotatable bonds is 4. The largest absolute Gasteiger partial charge is 0.507 e. The van der Waals surface area contributed by atoms with Crippen molar-refractivity contribution >= 4 is 39.7 Å². The second-order valence-electron chi connectivity index (χ2n) is 9.39. The van der Waals surface area contributed by atoms with Crippen LogP contribution in [0.25, 0.3) is 16.7 Å². The van der Waals surface area contributed by atoms with Gasteiger partial charge in [-0.25, -0.2) is 0 Å². The molecule has 180 valence electrons. The number of anilines is 2. The lowest BCUT2D eigenvalue weighted by molar-refractivity contribution is -0.132. The molecular formula is C30H27N3O3. The van der Waals surface area contributed by atoms with Crippen LogP contribution in [0.5, 0.6) is 0 Å². The third kappa shape index (κ3) is 3.66. The maximum atomic E-state index is 13.4. The van der Waals surface area contributed by atoms with E-state index in [1.54, 1.807) is 6.20 Å². The third-order valence-electron chi connectivity index (χ3n) is 7.25. The molecule has 6 rings (SSSR count). The van der Waals surface area contributed by atoms with E-state index in [0.29, 0.717) is 11.3 Å². The minimum absolute atomic E-state index is 0.0936. The van der Waals surface area contributed by atoms with E-state index < -0.39 is 17.7 Å². The summed E-state index contributed by atoms with van der Waals surface area (Å²) in [6, 6.07) is 24.1. The van der Waals surface area contributed by atoms with Gasteiger partial charge in [0.05, 0.1) is 11.6 Å². The Balaban J connectivity index is 1.47. The smallest absolute Gasteiger partial charge is 0.300 e. The van der Waals surface area contributed by atoms with Crippen molar-refractivity contribution in [3.05, 3.63) is 102 Å². The second-order valence-corrected chi connectivity index (χ2v) is 9.39. The van der Waals surface area contributed by atoms with Gasteiger partial charge in [0.1, 0.15) is 5.76 Å². The van der Waals surface area contributed by atoms with Gasteiger partial charge in [0.2, 0.25) is 0 Å². The molecule has 3 heterocycles. The number of hydrogen-bond donors (Lipinski definition) is 2. The molecule has 2 fully saturated rings. The summed E-state index contributed by atoms with van der Waals surface area (Å²) in [7, 11) is 0. The summed E-state index contributed by atoms with van der Waals surface area (Å²) >= 11 is 0. The topological polar surface area (TPSA) is 76.6 Å². The van der Waals surface area contributed by atoms with Crippen molar-refractivity contribution in [3.8, 4) is 0 Å². The third-order valence-corrected chi connectivity index (χ3v) is 7.25. The fourth-order valence-corrected chi connectivity index (χ4v) is 5.44. The van der Waals surface area contributed by atoms with Gasteiger partial charge < -0.3 is 15.0 Å². The average molecular weight is 478 g/mol. The number of Topliss-reactive ketones (excluding diaryl/α,β-unsaturated/α-hetero) is 1. The van der Waals surface area contributed by atoms with Crippen molar-refractivity contribution < 1.29 is 14.7 Å². The first-order valence-electron chi connectivity index (χ1n) is 12.4. The van der Waals surface area contributed by atoms with Gasteiger partial charge in [-0.1, -0.05) is 48.5 Å². The summed E-state index contributed by atoms with van der Waals surface area (Å²) < 4.78 is 0. The highest BCUT2D eigenvalue weighted by atomic mass is 16.3. The fourth-order valence-electron chi connectivity index (χ4n) is 5.44. The quantitative estimate of drug-likeness (QED) is 0.222. The molecule has 2 N–H and O–H groups in total. The Kier molecular flexibility index (Phi) is 5.56. The van der Waals surface area contributed by atoms with Crippen LogP contribution >= 0.6 is 0 Å². The molecule has 1 atom stereocenters. The van der Waals surface area contributed by atoms with Gasteiger partial charge in [-0.15, -0.1) is 0 Å². The lowest BCUT2D eigenvalue weighted by Crippen LogP contribution is -2.30. The second kappa shape index (κ2) is 9.04. The summed E-state index contributed by atoms with van der Waals surface area (Å²) in [6.07, 6.45) is 5.30. The Morgan fingerprint density at radius 3 is 2.22 bits per heavy atom. The molecule has 1 aromatic heterocycles. The molecule has 3 aromatic carbocycles. The van der Waals surface area contributed by atoms with E-state index in [1.807, 2.05) is 78.9 Å². The lowest BCUT2D eigenvalue weighted by atomic mass is 9.95. The number of aliphatic hydroxyl groups excluding tert-OH is 1. The maximum absolute atomic E-state index is 13.4. The van der Waals surface area contributed by atoms with Gasteiger partial charge in [0.15, 0.2) is 0 Å². The molecule has 1 unspecified atom stereocenters. The van der Waals surface area contributed by atoms with Crippen LogP contribution in [-0.4, -0.2) is 34.9 Å². The van der Waals surface area contributed by atoms with Gasteiger partial charge in [-0.3, -0.25) is 14.5 Å². The molecule has 0 aliphatic carbocycles. The van der Waals surface area contributed by atoms with E-state index in [2.05, 4.69) is 9.88 Å². The monoisotopic (exact) mass is 477 g/mol. The van der Waals surface area contributed by atoms with Gasteiger partial charge in [0, 0.05) is 47.1 Å². The minimum Gasteiger partial charge on any atom is -0.507 e.